The van der Waals surface area contributed by atoms with Gasteiger partial charge in [-0.2, -0.15) is 0 Å². The van der Waals surface area contributed by atoms with Crippen molar-refractivity contribution in [1.82, 2.24) is 0 Å². The Labute approximate surface area is 99.4 Å². The van der Waals surface area contributed by atoms with E-state index in [2.05, 4.69) is 45.0 Å². The van der Waals surface area contributed by atoms with Crippen molar-refractivity contribution in [2.75, 3.05) is 0 Å². The molecule has 0 saturated heterocycles. The lowest BCUT2D eigenvalue weighted by atomic mass is 9.85. The van der Waals surface area contributed by atoms with Crippen LogP contribution in [0.25, 0.3) is 5.57 Å². The maximum Gasteiger partial charge on any atom is -0.0164 e. The van der Waals surface area contributed by atoms with Crippen LogP contribution in [0.5, 0.6) is 0 Å². The third-order valence-electron chi connectivity index (χ3n) is 3.54. The summed E-state index contributed by atoms with van der Waals surface area (Å²) in [5, 5.41) is 0. The average Bonchev–Trinajstić information content (AvgIpc) is 2.29. The number of aryl methyl sites for hydroxylation is 1. The average molecular weight is 214 g/mol. The molecule has 0 heteroatoms. The van der Waals surface area contributed by atoms with Gasteiger partial charge in [0, 0.05) is 0 Å². The maximum atomic E-state index is 2.46. The van der Waals surface area contributed by atoms with Crippen LogP contribution in [0.2, 0.25) is 0 Å². The summed E-state index contributed by atoms with van der Waals surface area (Å²) in [6, 6.07) is 6.73. The van der Waals surface area contributed by atoms with E-state index >= 15 is 0 Å². The third-order valence-corrected chi connectivity index (χ3v) is 3.54. The third kappa shape index (κ3) is 2.21. The highest BCUT2D eigenvalue weighted by Gasteiger charge is 2.14. The van der Waals surface area contributed by atoms with Crippen LogP contribution in [0, 0.1) is 6.92 Å². The Morgan fingerprint density at radius 3 is 2.56 bits per heavy atom. The summed E-state index contributed by atoms with van der Waals surface area (Å²) in [4.78, 5) is 0. The molecule has 2 rings (SSSR count). The largest absolute Gasteiger partial charge is 0.0807 e. The van der Waals surface area contributed by atoms with E-state index in [1.165, 1.54) is 42.4 Å². The topological polar surface area (TPSA) is 0 Å². The van der Waals surface area contributed by atoms with Crippen molar-refractivity contribution in [3.05, 3.63) is 41.0 Å². The molecule has 0 nitrogen and oxygen atoms in total. The molecule has 0 aliphatic heterocycles. The van der Waals surface area contributed by atoms with Gasteiger partial charge in [-0.05, 0) is 60.8 Å². The quantitative estimate of drug-likeness (QED) is 0.644. The Morgan fingerprint density at radius 1 is 1.12 bits per heavy atom. The molecule has 0 amide bonds. The summed E-state index contributed by atoms with van der Waals surface area (Å²) >= 11 is 0. The number of rotatable bonds is 2. The fourth-order valence-electron chi connectivity index (χ4n) is 2.68. The molecular formula is C16H22. The molecule has 0 fully saturated rings. The Balaban J connectivity index is 2.49. The molecule has 0 N–H and O–H groups in total. The first kappa shape index (κ1) is 11.4. The van der Waals surface area contributed by atoms with E-state index in [9.17, 15) is 0 Å². The molecule has 86 valence electrons. The normalized spacial score (nSPS) is 16.4. The van der Waals surface area contributed by atoms with Crippen LogP contribution < -0.4 is 0 Å². The van der Waals surface area contributed by atoms with Gasteiger partial charge in [0.15, 0.2) is 0 Å². The zero-order valence-corrected chi connectivity index (χ0v) is 10.7. The fraction of sp³-hybridized carbons (Fsp3) is 0.500. The van der Waals surface area contributed by atoms with Crippen LogP contribution in [0.15, 0.2) is 24.3 Å². The Kier molecular flexibility index (Phi) is 3.48. The van der Waals surface area contributed by atoms with Crippen molar-refractivity contribution in [1.29, 1.82) is 0 Å². The first-order valence-electron chi connectivity index (χ1n) is 6.49. The van der Waals surface area contributed by atoms with Crippen molar-refractivity contribution in [2.45, 2.75) is 52.4 Å². The van der Waals surface area contributed by atoms with Crippen molar-refractivity contribution in [3.63, 3.8) is 0 Å². The minimum atomic E-state index is 0.623. The lowest BCUT2D eigenvalue weighted by Gasteiger charge is -2.20. The van der Waals surface area contributed by atoms with E-state index in [0.717, 1.165) is 0 Å². The summed E-state index contributed by atoms with van der Waals surface area (Å²) in [5.74, 6) is 0.623. The molecule has 1 aromatic rings. The molecule has 1 aromatic carbocycles. The van der Waals surface area contributed by atoms with Crippen molar-refractivity contribution in [2.24, 2.45) is 0 Å². The monoisotopic (exact) mass is 214 g/mol. The smallest absolute Gasteiger partial charge is 0.0164 e. The number of hydrogen-bond donors (Lipinski definition) is 0. The summed E-state index contributed by atoms with van der Waals surface area (Å²) < 4.78 is 0. The second kappa shape index (κ2) is 4.86. The van der Waals surface area contributed by atoms with E-state index in [1.54, 1.807) is 5.57 Å². The van der Waals surface area contributed by atoms with Gasteiger partial charge in [0.1, 0.15) is 0 Å². The van der Waals surface area contributed by atoms with Gasteiger partial charge >= 0.3 is 0 Å². The van der Waals surface area contributed by atoms with Gasteiger partial charge in [-0.25, -0.2) is 0 Å². The molecule has 0 heterocycles. The zero-order valence-electron chi connectivity index (χ0n) is 10.7. The van der Waals surface area contributed by atoms with Crippen LogP contribution in [0.3, 0.4) is 0 Å². The van der Waals surface area contributed by atoms with Crippen molar-refractivity contribution >= 4 is 5.57 Å². The second-order valence-electron chi connectivity index (χ2n) is 5.17. The van der Waals surface area contributed by atoms with E-state index in [1.807, 2.05) is 0 Å². The maximum absolute atomic E-state index is 2.46. The Bertz CT molecular complexity index is 396. The summed E-state index contributed by atoms with van der Waals surface area (Å²) in [6.07, 6.45) is 7.72. The van der Waals surface area contributed by atoms with E-state index < -0.39 is 0 Å². The number of allylic oxidation sites excluding steroid dienone is 2. The number of benzene rings is 1. The predicted octanol–water partition coefficient (Wildman–Crippen LogP) is 5.08. The molecule has 0 saturated carbocycles. The predicted molar refractivity (Wildman–Crippen MR) is 71.7 cm³/mol. The highest BCUT2D eigenvalue weighted by Crippen LogP contribution is 2.34. The van der Waals surface area contributed by atoms with Gasteiger partial charge in [-0.15, -0.1) is 0 Å². The van der Waals surface area contributed by atoms with Crippen LogP contribution in [0.1, 0.15) is 62.1 Å². The zero-order chi connectivity index (χ0) is 11.5. The Morgan fingerprint density at radius 2 is 1.94 bits per heavy atom. The van der Waals surface area contributed by atoms with Crippen LogP contribution in [-0.2, 0) is 0 Å². The van der Waals surface area contributed by atoms with Crippen molar-refractivity contribution in [3.8, 4) is 0 Å². The number of hydrogen-bond acceptors (Lipinski definition) is 0. The summed E-state index contributed by atoms with van der Waals surface area (Å²) in [5.41, 5.74) is 6.10. The first-order valence-corrected chi connectivity index (χ1v) is 6.49. The van der Waals surface area contributed by atoms with Gasteiger partial charge in [-0.3, -0.25) is 0 Å². The summed E-state index contributed by atoms with van der Waals surface area (Å²) in [6.45, 7) is 6.83. The molecule has 16 heavy (non-hydrogen) atoms. The van der Waals surface area contributed by atoms with Gasteiger partial charge in [0.2, 0.25) is 0 Å². The molecule has 1 aliphatic carbocycles. The molecule has 1 aliphatic rings. The standard InChI is InChI=1S/C16H22/c1-12(2)15-11-7-8-13(3)16(15)14-9-5-4-6-10-14/h7-9,11-12H,4-6,10H2,1-3H3. The molecular weight excluding hydrogens is 192 g/mol. The summed E-state index contributed by atoms with van der Waals surface area (Å²) in [7, 11) is 0. The highest BCUT2D eigenvalue weighted by atomic mass is 14.2. The molecule has 0 atom stereocenters. The fourth-order valence-corrected chi connectivity index (χ4v) is 2.68. The van der Waals surface area contributed by atoms with Gasteiger partial charge < -0.3 is 0 Å². The minimum absolute atomic E-state index is 0.623. The molecule has 0 spiro atoms. The lowest BCUT2D eigenvalue weighted by Crippen LogP contribution is -2.01. The van der Waals surface area contributed by atoms with Gasteiger partial charge in [-0.1, -0.05) is 38.1 Å². The lowest BCUT2D eigenvalue weighted by molar-refractivity contribution is 0.739. The Hall–Kier alpha value is -1.04. The van der Waals surface area contributed by atoms with Crippen LogP contribution in [-0.4, -0.2) is 0 Å². The van der Waals surface area contributed by atoms with Gasteiger partial charge in [0.05, 0.1) is 0 Å². The van der Waals surface area contributed by atoms with Crippen LogP contribution >= 0.6 is 0 Å². The van der Waals surface area contributed by atoms with Gasteiger partial charge in [0.25, 0.3) is 0 Å². The highest BCUT2D eigenvalue weighted by molar-refractivity contribution is 5.71. The minimum Gasteiger partial charge on any atom is -0.0807 e. The second-order valence-corrected chi connectivity index (χ2v) is 5.17. The van der Waals surface area contributed by atoms with E-state index in [4.69, 9.17) is 0 Å². The molecule has 0 unspecified atom stereocenters. The molecule has 0 aromatic heterocycles. The molecule has 0 bridgehead atoms. The van der Waals surface area contributed by atoms with E-state index in [-0.39, 0.29) is 0 Å². The first-order chi connectivity index (χ1) is 7.70. The van der Waals surface area contributed by atoms with Crippen molar-refractivity contribution < 1.29 is 0 Å². The van der Waals surface area contributed by atoms with E-state index in [0.29, 0.717) is 5.92 Å². The van der Waals surface area contributed by atoms with Crippen LogP contribution in [0.4, 0.5) is 0 Å². The molecule has 0 radical (unpaired) electrons. The SMILES string of the molecule is Cc1cccc(C(C)C)c1C1=CCCCC1.